The summed E-state index contributed by atoms with van der Waals surface area (Å²) in [7, 11) is 0. The third-order valence-electron chi connectivity index (χ3n) is 2.36. The van der Waals surface area contributed by atoms with Gasteiger partial charge in [0.15, 0.2) is 0 Å². The minimum atomic E-state index is -0.835. The van der Waals surface area contributed by atoms with E-state index in [1.54, 1.807) is 6.07 Å². The van der Waals surface area contributed by atoms with E-state index < -0.39 is 5.97 Å². The Morgan fingerprint density at radius 2 is 2.27 bits per heavy atom. The molecule has 0 heterocycles. The van der Waals surface area contributed by atoms with Gasteiger partial charge in [-0.1, -0.05) is 23.7 Å². The fourth-order valence-electron chi connectivity index (χ4n) is 1.47. The number of halogens is 1. The van der Waals surface area contributed by atoms with Crippen molar-refractivity contribution in [2.24, 2.45) is 5.73 Å². The van der Waals surface area contributed by atoms with Gasteiger partial charge in [0, 0.05) is 10.9 Å². The lowest BCUT2D eigenvalue weighted by Crippen LogP contribution is -2.16. The quantitative estimate of drug-likeness (QED) is 0.829. The Bertz CT molecular complexity index is 366. The van der Waals surface area contributed by atoms with E-state index in [2.05, 4.69) is 0 Å². The molecule has 1 atom stereocenters. The summed E-state index contributed by atoms with van der Waals surface area (Å²) in [5.41, 5.74) is 7.42. The zero-order valence-electron chi connectivity index (χ0n) is 8.53. The van der Waals surface area contributed by atoms with Crippen LogP contribution in [0.15, 0.2) is 18.2 Å². The van der Waals surface area contributed by atoms with Gasteiger partial charge in [0.1, 0.15) is 0 Å². The summed E-state index contributed by atoms with van der Waals surface area (Å²) in [6.45, 7) is 2.22. The normalized spacial score (nSPS) is 12.5. The number of hydrogen-bond donors (Lipinski definition) is 2. The van der Waals surface area contributed by atoms with E-state index >= 15 is 0 Å². The van der Waals surface area contributed by atoms with E-state index in [0.29, 0.717) is 11.6 Å². The maximum absolute atomic E-state index is 10.6. The Balaban J connectivity index is 2.92. The largest absolute Gasteiger partial charge is 0.481 e. The number of rotatable bonds is 4. The van der Waals surface area contributed by atoms with Crippen molar-refractivity contribution >= 4 is 17.6 Å². The van der Waals surface area contributed by atoms with Crippen molar-refractivity contribution < 1.29 is 9.90 Å². The molecule has 0 aromatic heterocycles. The van der Waals surface area contributed by atoms with Crippen LogP contribution in [0.5, 0.6) is 0 Å². The molecule has 0 saturated carbocycles. The van der Waals surface area contributed by atoms with Crippen LogP contribution >= 0.6 is 11.6 Å². The average Bonchev–Trinajstić information content (AvgIpc) is 2.18. The van der Waals surface area contributed by atoms with E-state index in [4.69, 9.17) is 22.4 Å². The molecular weight excluding hydrogens is 214 g/mol. The predicted octanol–water partition coefficient (Wildman–Crippen LogP) is 2.17. The molecule has 3 N–H and O–H groups in total. The molecule has 0 aliphatic carbocycles. The highest BCUT2D eigenvalue weighted by Gasteiger charge is 2.14. The van der Waals surface area contributed by atoms with Gasteiger partial charge in [-0.05, 0) is 30.7 Å². The third-order valence-corrected chi connectivity index (χ3v) is 2.78. The number of carboxylic acids is 1. The number of aryl methyl sites for hydroxylation is 1. The van der Waals surface area contributed by atoms with Gasteiger partial charge in [0.25, 0.3) is 0 Å². The Morgan fingerprint density at radius 3 is 2.73 bits per heavy atom. The van der Waals surface area contributed by atoms with Crippen LogP contribution in [0.2, 0.25) is 5.02 Å². The zero-order chi connectivity index (χ0) is 11.4. The van der Waals surface area contributed by atoms with E-state index in [1.807, 2.05) is 19.1 Å². The van der Waals surface area contributed by atoms with Crippen molar-refractivity contribution in [3.05, 3.63) is 34.3 Å². The van der Waals surface area contributed by atoms with Gasteiger partial charge >= 0.3 is 5.97 Å². The first-order valence-corrected chi connectivity index (χ1v) is 5.10. The summed E-state index contributed by atoms with van der Waals surface area (Å²) in [6.07, 6.45) is 0.0531. The molecule has 0 spiro atoms. The number of nitrogens with two attached hydrogens (primary N) is 1. The standard InChI is InChI=1S/C11H14ClNO2/c1-7-4-8(2-3-10(7)12)9(6-13)5-11(14)15/h2-4,9H,5-6,13H2,1H3,(H,14,15). The van der Waals surface area contributed by atoms with Crippen molar-refractivity contribution in [1.29, 1.82) is 0 Å². The van der Waals surface area contributed by atoms with Crippen molar-refractivity contribution in [3.63, 3.8) is 0 Å². The van der Waals surface area contributed by atoms with Gasteiger partial charge in [-0.25, -0.2) is 0 Å². The molecule has 0 fully saturated rings. The van der Waals surface area contributed by atoms with Crippen molar-refractivity contribution in [1.82, 2.24) is 0 Å². The van der Waals surface area contributed by atoms with Crippen LogP contribution in [0, 0.1) is 6.92 Å². The lowest BCUT2D eigenvalue weighted by Gasteiger charge is -2.13. The molecule has 82 valence electrons. The number of carbonyl (C=O) groups is 1. The van der Waals surface area contributed by atoms with Gasteiger partial charge in [-0.3, -0.25) is 4.79 Å². The van der Waals surface area contributed by atoms with Crippen molar-refractivity contribution in [2.45, 2.75) is 19.3 Å². The van der Waals surface area contributed by atoms with E-state index in [0.717, 1.165) is 11.1 Å². The fraction of sp³-hybridized carbons (Fsp3) is 0.364. The first-order valence-electron chi connectivity index (χ1n) is 4.72. The average molecular weight is 228 g/mol. The van der Waals surface area contributed by atoms with Gasteiger partial charge in [-0.15, -0.1) is 0 Å². The Kier molecular flexibility index (Phi) is 4.12. The minimum Gasteiger partial charge on any atom is -0.481 e. The van der Waals surface area contributed by atoms with Crippen molar-refractivity contribution in [2.75, 3.05) is 6.54 Å². The van der Waals surface area contributed by atoms with Crippen LogP contribution in [0.1, 0.15) is 23.5 Å². The maximum Gasteiger partial charge on any atom is 0.304 e. The zero-order valence-corrected chi connectivity index (χ0v) is 9.29. The second kappa shape index (κ2) is 5.14. The SMILES string of the molecule is Cc1cc(C(CN)CC(=O)O)ccc1Cl. The molecular formula is C11H14ClNO2. The molecule has 1 rings (SSSR count). The molecule has 15 heavy (non-hydrogen) atoms. The first kappa shape index (κ1) is 12.0. The monoisotopic (exact) mass is 227 g/mol. The Morgan fingerprint density at radius 1 is 1.60 bits per heavy atom. The van der Waals surface area contributed by atoms with E-state index in [1.165, 1.54) is 0 Å². The van der Waals surface area contributed by atoms with Crippen LogP contribution in [0.4, 0.5) is 0 Å². The fourth-order valence-corrected chi connectivity index (χ4v) is 1.59. The second-order valence-electron chi connectivity index (χ2n) is 3.54. The lowest BCUT2D eigenvalue weighted by molar-refractivity contribution is -0.137. The van der Waals surface area contributed by atoms with Crippen LogP contribution in [-0.2, 0) is 4.79 Å². The summed E-state index contributed by atoms with van der Waals surface area (Å²) in [4.78, 5) is 10.6. The molecule has 0 aliphatic heterocycles. The summed E-state index contributed by atoms with van der Waals surface area (Å²) in [5.74, 6) is -0.975. The summed E-state index contributed by atoms with van der Waals surface area (Å²) in [6, 6.07) is 5.50. The molecule has 1 aromatic rings. The molecule has 0 amide bonds. The maximum atomic E-state index is 10.6. The van der Waals surface area contributed by atoms with Gasteiger partial charge < -0.3 is 10.8 Å². The smallest absolute Gasteiger partial charge is 0.304 e. The molecule has 1 unspecified atom stereocenters. The molecule has 0 aliphatic rings. The Hall–Kier alpha value is -1.06. The van der Waals surface area contributed by atoms with E-state index in [-0.39, 0.29) is 12.3 Å². The minimum absolute atomic E-state index is 0.0531. The lowest BCUT2D eigenvalue weighted by atomic mass is 9.95. The highest BCUT2D eigenvalue weighted by Crippen LogP contribution is 2.23. The van der Waals surface area contributed by atoms with E-state index in [9.17, 15) is 4.79 Å². The molecule has 3 nitrogen and oxygen atoms in total. The van der Waals surface area contributed by atoms with Gasteiger partial charge in [0.2, 0.25) is 0 Å². The number of carboxylic acid groups (broad SMARTS) is 1. The topological polar surface area (TPSA) is 63.3 Å². The molecule has 0 saturated heterocycles. The van der Waals surface area contributed by atoms with Crippen LogP contribution < -0.4 is 5.73 Å². The summed E-state index contributed by atoms with van der Waals surface area (Å²) >= 11 is 5.89. The van der Waals surface area contributed by atoms with Gasteiger partial charge in [0.05, 0.1) is 6.42 Å². The predicted molar refractivity (Wildman–Crippen MR) is 60.2 cm³/mol. The first-order chi connectivity index (χ1) is 7.04. The third kappa shape index (κ3) is 3.22. The number of hydrogen-bond acceptors (Lipinski definition) is 2. The van der Waals surface area contributed by atoms with Crippen LogP contribution in [-0.4, -0.2) is 17.6 Å². The highest BCUT2D eigenvalue weighted by atomic mass is 35.5. The molecule has 0 radical (unpaired) electrons. The summed E-state index contributed by atoms with van der Waals surface area (Å²) in [5, 5.41) is 9.40. The van der Waals surface area contributed by atoms with Gasteiger partial charge in [-0.2, -0.15) is 0 Å². The van der Waals surface area contributed by atoms with Crippen LogP contribution in [0.3, 0.4) is 0 Å². The highest BCUT2D eigenvalue weighted by molar-refractivity contribution is 6.31. The molecule has 4 heteroatoms. The van der Waals surface area contributed by atoms with Crippen LogP contribution in [0.25, 0.3) is 0 Å². The molecule has 1 aromatic carbocycles. The number of benzene rings is 1. The Labute approximate surface area is 93.9 Å². The second-order valence-corrected chi connectivity index (χ2v) is 3.95. The summed E-state index contributed by atoms with van der Waals surface area (Å²) < 4.78 is 0. The molecule has 0 bridgehead atoms. The van der Waals surface area contributed by atoms with Crippen molar-refractivity contribution in [3.8, 4) is 0 Å². The number of aliphatic carboxylic acids is 1.